The zero-order valence-corrected chi connectivity index (χ0v) is 30.5. The number of esters is 4. The molecule has 1 N–H and O–H groups in total. The van der Waals surface area contributed by atoms with Crippen LogP contribution in [-0.2, 0) is 54.1 Å². The quantitative estimate of drug-likeness (QED) is 0.187. The van der Waals surface area contributed by atoms with E-state index in [0.717, 1.165) is 46.8 Å². The minimum atomic E-state index is -5.38. The summed E-state index contributed by atoms with van der Waals surface area (Å²) in [4.78, 5) is 105. The van der Waals surface area contributed by atoms with Crippen molar-refractivity contribution in [3.8, 4) is 17.2 Å². The number of Topliss-reactive ketones (excluding diaryl/α,β-unsaturated/α-hetero) is 1. The van der Waals surface area contributed by atoms with Crippen LogP contribution in [0.2, 0.25) is 0 Å². The average molecular weight is 796 g/mol. The predicted octanol–water partition coefficient (Wildman–Crippen LogP) is 3.33. The second kappa shape index (κ2) is 15.4. The number of carbonyl (C=O) groups excluding carboxylic acids is 8. The molecule has 5 rings (SSSR count). The number of hydrogen-bond donors (Lipinski definition) is 1. The molecule has 1 saturated heterocycles. The molecule has 56 heavy (non-hydrogen) atoms. The van der Waals surface area contributed by atoms with Crippen molar-refractivity contribution in [1.82, 2.24) is 5.32 Å². The summed E-state index contributed by atoms with van der Waals surface area (Å²) >= 11 is 0. The first-order valence-electron chi connectivity index (χ1n) is 18.3. The standard InChI is InChI=1S/C37H36F3NO15/c1-14-32(52-16(3)43)22(41-35(49)37(38,39)40)11-25(51-14)55-24-13-36(15(2)42,56-19(6)46)12-21-27(24)34(54-18(5)45)29-28(33(21)53-17(4)44)30(47)20-9-8-10-23(50-7)26(20)31(29)48/h8-10,14,22,24-25,32H,11-13H2,1-7H3,(H,41,49)/t14-,22?,24-,25-,32+,36-/m0/s1/i7+1D3. The van der Waals surface area contributed by atoms with Gasteiger partial charge in [0.1, 0.15) is 23.4 Å². The lowest BCUT2D eigenvalue weighted by Gasteiger charge is -2.44. The fourth-order valence-corrected chi connectivity index (χ4v) is 7.17. The molecule has 19 heteroatoms. The third-order valence-electron chi connectivity index (χ3n) is 9.25. The highest BCUT2D eigenvalue weighted by Crippen LogP contribution is 2.54. The molecule has 0 bridgehead atoms. The fraction of sp³-hybridized carbons (Fsp3) is 0.459. The van der Waals surface area contributed by atoms with Crippen molar-refractivity contribution >= 4 is 47.1 Å². The van der Waals surface area contributed by atoms with Crippen molar-refractivity contribution in [2.24, 2.45) is 0 Å². The van der Waals surface area contributed by atoms with Crippen molar-refractivity contribution in [2.45, 2.75) is 103 Å². The topological polar surface area (TPSA) is 213 Å². The molecule has 6 atom stereocenters. The summed E-state index contributed by atoms with van der Waals surface area (Å²) in [5.41, 5.74) is -5.33. The van der Waals surface area contributed by atoms with Crippen molar-refractivity contribution in [3.05, 3.63) is 51.6 Å². The van der Waals surface area contributed by atoms with E-state index in [-0.39, 0.29) is 11.1 Å². The molecule has 16 nitrogen and oxygen atoms in total. The number of amides is 1. The summed E-state index contributed by atoms with van der Waals surface area (Å²) in [6, 6.07) is 1.82. The number of halogens is 3. The molecule has 0 saturated carbocycles. The summed E-state index contributed by atoms with van der Waals surface area (Å²) in [7, 11) is -3.13. The fourth-order valence-electron chi connectivity index (χ4n) is 7.17. The zero-order chi connectivity index (χ0) is 44.1. The Labute approximate surface area is 320 Å². The van der Waals surface area contributed by atoms with Gasteiger partial charge < -0.3 is 38.5 Å². The van der Waals surface area contributed by atoms with Crippen LogP contribution in [0.5, 0.6) is 17.2 Å². The highest BCUT2D eigenvalue weighted by molar-refractivity contribution is 6.31. The summed E-state index contributed by atoms with van der Waals surface area (Å²) < 4.78 is 102. The maximum atomic E-state index is 14.6. The molecular formula is C37H36F3NO15. The SMILES string of the molecule is [2H][13C]([2H])([2H])Oc1cccc2c1C(=O)c1c(OC(C)=O)c3c(c(OC(C)=O)c1C2=O)C[C@@](OC(C)=O)(C(C)=O)C[C@@H]3O[C@H]1CC(NC(=O)C(F)(F)F)[C@H](OC(C)=O)[C@H](C)O1. The molecule has 1 heterocycles. The lowest BCUT2D eigenvalue weighted by Crippen LogP contribution is -2.58. The normalized spacial score (nSPS) is 25.1. The van der Waals surface area contributed by atoms with Gasteiger partial charge in [-0.2, -0.15) is 13.2 Å². The van der Waals surface area contributed by atoms with Crippen molar-refractivity contribution in [1.29, 1.82) is 0 Å². The Morgan fingerprint density at radius 3 is 2.11 bits per heavy atom. The lowest BCUT2D eigenvalue weighted by atomic mass is 9.71. The number of benzene rings is 2. The van der Waals surface area contributed by atoms with Gasteiger partial charge in [0, 0.05) is 63.6 Å². The Kier molecular flexibility index (Phi) is 10.3. The maximum Gasteiger partial charge on any atom is 0.471 e. The van der Waals surface area contributed by atoms with E-state index in [4.69, 9.17) is 37.3 Å². The predicted molar refractivity (Wildman–Crippen MR) is 179 cm³/mol. The smallest absolute Gasteiger partial charge is 0.471 e. The van der Waals surface area contributed by atoms with Gasteiger partial charge >= 0.3 is 36.0 Å². The van der Waals surface area contributed by atoms with E-state index in [1.807, 2.05) is 0 Å². The van der Waals surface area contributed by atoms with Gasteiger partial charge in [0.15, 0.2) is 23.5 Å². The van der Waals surface area contributed by atoms with E-state index < -0.39 is 155 Å². The van der Waals surface area contributed by atoms with Gasteiger partial charge in [0.25, 0.3) is 0 Å². The molecule has 2 aromatic carbocycles. The molecule has 3 aliphatic rings. The molecule has 0 spiro atoms. The van der Waals surface area contributed by atoms with Gasteiger partial charge in [-0.15, -0.1) is 0 Å². The number of carbonyl (C=O) groups is 8. The molecule has 1 amide bonds. The minimum Gasteiger partial charge on any atom is -0.496 e. The third kappa shape index (κ3) is 7.86. The molecule has 300 valence electrons. The van der Waals surface area contributed by atoms with Crippen LogP contribution in [-0.4, -0.2) is 90.5 Å². The van der Waals surface area contributed by atoms with Crippen LogP contribution in [0, 0.1) is 0 Å². The first-order valence-corrected chi connectivity index (χ1v) is 16.8. The van der Waals surface area contributed by atoms with Crippen LogP contribution >= 0.6 is 0 Å². The van der Waals surface area contributed by atoms with Gasteiger partial charge in [-0.25, -0.2) is 0 Å². The number of methoxy groups -OCH3 is 1. The summed E-state index contributed by atoms with van der Waals surface area (Å²) in [5.74, 6) is -11.5. The molecule has 2 aromatic rings. The van der Waals surface area contributed by atoms with E-state index in [2.05, 4.69) is 0 Å². The Hall–Kier alpha value is -5.69. The highest BCUT2D eigenvalue weighted by Gasteiger charge is 2.54. The zero-order valence-electron chi connectivity index (χ0n) is 33.5. The second-order valence-electron chi connectivity index (χ2n) is 13.2. The number of nitrogens with one attached hydrogen (secondary N) is 1. The molecule has 2 aliphatic carbocycles. The van der Waals surface area contributed by atoms with Crippen LogP contribution in [0.25, 0.3) is 0 Å². The van der Waals surface area contributed by atoms with Crippen LogP contribution in [0.15, 0.2) is 18.2 Å². The lowest BCUT2D eigenvalue weighted by molar-refractivity contribution is -0.255. The van der Waals surface area contributed by atoms with Crippen LogP contribution in [0.3, 0.4) is 0 Å². The third-order valence-corrected chi connectivity index (χ3v) is 9.25. The highest BCUT2D eigenvalue weighted by atomic mass is 19.4. The number of ketones is 3. The summed E-state index contributed by atoms with van der Waals surface area (Å²) in [6.45, 7) is 6.09. The van der Waals surface area contributed by atoms with Crippen molar-refractivity contribution in [2.75, 3.05) is 7.04 Å². The number of ether oxygens (including phenoxy) is 7. The molecule has 0 aromatic heterocycles. The van der Waals surface area contributed by atoms with Gasteiger partial charge in [0.05, 0.1) is 46.1 Å². The molecule has 1 fully saturated rings. The van der Waals surface area contributed by atoms with E-state index >= 15 is 0 Å². The van der Waals surface area contributed by atoms with E-state index in [0.29, 0.717) is 0 Å². The second-order valence-corrected chi connectivity index (χ2v) is 13.2. The number of rotatable bonds is 9. The Balaban J connectivity index is 1.81. The largest absolute Gasteiger partial charge is 0.496 e. The van der Waals surface area contributed by atoms with Gasteiger partial charge in [0.2, 0.25) is 5.78 Å². The van der Waals surface area contributed by atoms with Crippen LogP contribution in [0.4, 0.5) is 13.2 Å². The first kappa shape index (κ1) is 37.2. The Bertz CT molecular complexity index is 2170. The average Bonchev–Trinajstić information content (AvgIpc) is 3.07. The number of hydrogen-bond acceptors (Lipinski definition) is 15. The van der Waals surface area contributed by atoms with Crippen molar-refractivity contribution in [3.63, 3.8) is 0 Å². The number of fused-ring (bicyclic) bond motifs is 3. The van der Waals surface area contributed by atoms with Crippen LogP contribution < -0.4 is 19.5 Å². The van der Waals surface area contributed by atoms with E-state index in [1.54, 1.807) is 5.32 Å². The molecule has 1 unspecified atom stereocenters. The van der Waals surface area contributed by atoms with Crippen molar-refractivity contribution < 1.29 is 88.8 Å². The minimum absolute atomic E-state index is 0.328. The Morgan fingerprint density at radius 2 is 1.54 bits per heavy atom. The molecule has 0 radical (unpaired) electrons. The van der Waals surface area contributed by atoms with E-state index in [9.17, 15) is 51.5 Å². The first-order chi connectivity index (χ1) is 27.2. The maximum absolute atomic E-state index is 14.6. The van der Waals surface area contributed by atoms with Gasteiger partial charge in [-0.05, 0) is 19.9 Å². The van der Waals surface area contributed by atoms with E-state index in [1.165, 1.54) is 13.0 Å². The summed E-state index contributed by atoms with van der Waals surface area (Å²) in [5, 5.41) is 1.76. The number of alkyl halides is 3. The van der Waals surface area contributed by atoms with Crippen LogP contribution in [0.1, 0.15) is 108 Å². The summed E-state index contributed by atoms with van der Waals surface area (Å²) in [6.07, 6.45) is -13.7. The molecule has 1 aliphatic heterocycles. The Morgan fingerprint density at radius 1 is 0.893 bits per heavy atom. The van der Waals surface area contributed by atoms with Gasteiger partial charge in [-0.1, -0.05) is 12.1 Å². The monoisotopic (exact) mass is 795 g/mol. The molecular weight excluding hydrogens is 756 g/mol. The van der Waals surface area contributed by atoms with Gasteiger partial charge in [-0.3, -0.25) is 38.4 Å².